The van der Waals surface area contributed by atoms with E-state index in [9.17, 15) is 4.79 Å². The van der Waals surface area contributed by atoms with Crippen molar-refractivity contribution in [3.8, 4) is 0 Å². The Kier molecular flexibility index (Phi) is 4.23. The lowest BCUT2D eigenvalue weighted by molar-refractivity contribution is -0.135. The van der Waals surface area contributed by atoms with E-state index in [-0.39, 0.29) is 6.54 Å². The Balaban J connectivity index is 2.63. The Hall–Kier alpha value is -1.69. The maximum absolute atomic E-state index is 11.1. The second kappa shape index (κ2) is 5.75. The number of fused-ring (bicyclic) bond motifs is 1. The smallest absolute Gasteiger partial charge is 0.323 e. The molecular weight excluding hydrogens is 274 g/mol. The lowest BCUT2D eigenvalue weighted by Gasteiger charge is -2.22. The monoisotopic (exact) mass is 293 g/mol. The molecule has 0 aliphatic carbocycles. The lowest BCUT2D eigenvalue weighted by Crippen LogP contribution is -2.31. The van der Waals surface area contributed by atoms with Crippen LogP contribution < -0.4 is 4.90 Å². The molecule has 2 aromatic heterocycles. The normalized spacial score (nSPS) is 11.0. The maximum Gasteiger partial charge on any atom is 0.323 e. The second-order valence-corrected chi connectivity index (χ2v) is 6.08. The van der Waals surface area contributed by atoms with Crippen LogP contribution in [0, 0.1) is 20.8 Å². The van der Waals surface area contributed by atoms with Crippen LogP contribution in [0.5, 0.6) is 0 Å². The average Bonchev–Trinajstić information content (AvgIpc) is 2.63. The van der Waals surface area contributed by atoms with Crippen molar-refractivity contribution in [3.63, 3.8) is 0 Å². The molecule has 1 N–H and O–H groups in total. The molecule has 0 amide bonds. The minimum absolute atomic E-state index is 0.0340. The van der Waals surface area contributed by atoms with E-state index >= 15 is 0 Å². The van der Waals surface area contributed by atoms with Gasteiger partial charge in [0.05, 0.1) is 5.39 Å². The third-order valence-electron chi connectivity index (χ3n) is 3.24. The topological polar surface area (TPSA) is 66.3 Å². The molecule has 0 radical (unpaired) electrons. The van der Waals surface area contributed by atoms with Gasteiger partial charge in [0.2, 0.25) is 0 Å². The van der Waals surface area contributed by atoms with Crippen LogP contribution in [0.15, 0.2) is 0 Å². The van der Waals surface area contributed by atoms with E-state index in [0.717, 1.165) is 28.0 Å². The second-order valence-electron chi connectivity index (χ2n) is 4.87. The number of thiophene rings is 1. The minimum atomic E-state index is -0.840. The molecule has 0 atom stereocenters. The van der Waals surface area contributed by atoms with Crippen LogP contribution in [0.25, 0.3) is 10.2 Å². The largest absolute Gasteiger partial charge is 0.480 e. The molecule has 2 heterocycles. The fraction of sp³-hybridized carbons (Fsp3) is 0.500. The number of nitrogens with zero attached hydrogens (tertiary/aromatic N) is 3. The van der Waals surface area contributed by atoms with Crippen LogP contribution in [0.1, 0.15) is 29.6 Å². The molecular formula is C14H19N3O2S. The molecule has 108 valence electrons. The Labute approximate surface area is 122 Å². The Morgan fingerprint density at radius 3 is 2.60 bits per heavy atom. The van der Waals surface area contributed by atoms with Gasteiger partial charge >= 0.3 is 5.97 Å². The molecule has 0 saturated carbocycles. The number of aliphatic carboxylic acids is 1. The summed E-state index contributed by atoms with van der Waals surface area (Å²) in [5.41, 5.74) is 1.14. The van der Waals surface area contributed by atoms with Crippen molar-refractivity contribution in [3.05, 3.63) is 16.3 Å². The number of aryl methyl sites for hydroxylation is 3. The van der Waals surface area contributed by atoms with Crippen molar-refractivity contribution in [1.82, 2.24) is 9.97 Å². The van der Waals surface area contributed by atoms with Crippen molar-refractivity contribution in [1.29, 1.82) is 0 Å². The Bertz CT molecular complexity index is 651. The molecule has 5 nitrogen and oxygen atoms in total. The molecule has 0 fully saturated rings. The summed E-state index contributed by atoms with van der Waals surface area (Å²) in [6.07, 6.45) is 0.875. The Morgan fingerprint density at radius 1 is 1.30 bits per heavy atom. The zero-order valence-electron chi connectivity index (χ0n) is 12.2. The summed E-state index contributed by atoms with van der Waals surface area (Å²) in [4.78, 5) is 24.0. The van der Waals surface area contributed by atoms with E-state index in [1.54, 1.807) is 11.3 Å². The fourth-order valence-corrected chi connectivity index (χ4v) is 3.32. The molecule has 0 saturated heterocycles. The fourth-order valence-electron chi connectivity index (χ4n) is 2.25. The van der Waals surface area contributed by atoms with Gasteiger partial charge in [0.25, 0.3) is 0 Å². The van der Waals surface area contributed by atoms with Gasteiger partial charge in [0, 0.05) is 11.4 Å². The minimum Gasteiger partial charge on any atom is -0.480 e. The van der Waals surface area contributed by atoms with Gasteiger partial charge in [-0.05, 0) is 32.8 Å². The zero-order chi connectivity index (χ0) is 14.9. The number of hydrogen-bond acceptors (Lipinski definition) is 5. The summed E-state index contributed by atoms with van der Waals surface area (Å²) in [6.45, 7) is 8.62. The van der Waals surface area contributed by atoms with Crippen molar-refractivity contribution >= 4 is 33.3 Å². The molecule has 2 aromatic rings. The van der Waals surface area contributed by atoms with Gasteiger partial charge in [-0.3, -0.25) is 4.79 Å². The van der Waals surface area contributed by atoms with Crippen LogP contribution in [0.3, 0.4) is 0 Å². The van der Waals surface area contributed by atoms with E-state index in [4.69, 9.17) is 5.11 Å². The molecule has 2 rings (SSSR count). The van der Waals surface area contributed by atoms with Crippen LogP contribution in [0.4, 0.5) is 5.82 Å². The number of carboxylic acids is 1. The van der Waals surface area contributed by atoms with Gasteiger partial charge in [0.15, 0.2) is 0 Å². The molecule has 20 heavy (non-hydrogen) atoms. The van der Waals surface area contributed by atoms with E-state index in [1.807, 2.05) is 25.7 Å². The van der Waals surface area contributed by atoms with Crippen molar-refractivity contribution in [2.75, 3.05) is 18.0 Å². The summed E-state index contributed by atoms with van der Waals surface area (Å²) in [5, 5.41) is 10.1. The van der Waals surface area contributed by atoms with E-state index in [1.165, 1.54) is 4.88 Å². The summed E-state index contributed by atoms with van der Waals surface area (Å²) >= 11 is 1.64. The SMILES string of the molecule is CCCN(CC(=O)O)c1nc(C)nc2sc(C)c(C)c12. The number of aromatic nitrogens is 2. The van der Waals surface area contributed by atoms with Gasteiger partial charge in [-0.2, -0.15) is 0 Å². The van der Waals surface area contributed by atoms with Crippen molar-refractivity contribution in [2.24, 2.45) is 0 Å². The van der Waals surface area contributed by atoms with Crippen LogP contribution in [-0.2, 0) is 4.79 Å². The predicted octanol–water partition coefficient (Wildman–Crippen LogP) is 2.92. The standard InChI is InChI=1S/C14H19N3O2S/c1-5-6-17(7-11(18)19)13-12-8(2)9(3)20-14(12)16-10(4)15-13/h5-7H2,1-4H3,(H,18,19). The number of rotatable bonds is 5. The van der Waals surface area contributed by atoms with E-state index in [2.05, 4.69) is 16.9 Å². The van der Waals surface area contributed by atoms with E-state index < -0.39 is 5.97 Å². The highest BCUT2D eigenvalue weighted by Gasteiger charge is 2.19. The van der Waals surface area contributed by atoms with Gasteiger partial charge in [-0.15, -0.1) is 11.3 Å². The first kappa shape index (κ1) is 14.7. The van der Waals surface area contributed by atoms with Gasteiger partial charge < -0.3 is 10.0 Å². The summed E-state index contributed by atoms with van der Waals surface area (Å²) < 4.78 is 0. The quantitative estimate of drug-likeness (QED) is 0.918. The highest BCUT2D eigenvalue weighted by atomic mass is 32.1. The van der Waals surface area contributed by atoms with Gasteiger partial charge in [0.1, 0.15) is 23.0 Å². The van der Waals surface area contributed by atoms with Crippen LogP contribution in [0.2, 0.25) is 0 Å². The third kappa shape index (κ3) is 2.75. The predicted molar refractivity (Wildman–Crippen MR) is 81.8 cm³/mol. The van der Waals surface area contributed by atoms with Crippen molar-refractivity contribution in [2.45, 2.75) is 34.1 Å². The first-order valence-corrected chi connectivity index (χ1v) is 7.46. The molecule has 0 bridgehead atoms. The third-order valence-corrected chi connectivity index (χ3v) is 4.34. The summed E-state index contributed by atoms with van der Waals surface area (Å²) in [6, 6.07) is 0. The first-order valence-electron chi connectivity index (χ1n) is 6.65. The number of anilines is 1. The highest BCUT2D eigenvalue weighted by molar-refractivity contribution is 7.18. The highest BCUT2D eigenvalue weighted by Crippen LogP contribution is 2.34. The average molecular weight is 293 g/mol. The summed E-state index contributed by atoms with van der Waals surface area (Å²) in [7, 11) is 0. The molecule has 0 spiro atoms. The molecule has 0 unspecified atom stereocenters. The number of carbonyl (C=O) groups is 1. The van der Waals surface area contributed by atoms with E-state index in [0.29, 0.717) is 12.4 Å². The molecule has 0 aromatic carbocycles. The number of hydrogen-bond donors (Lipinski definition) is 1. The van der Waals surface area contributed by atoms with Gasteiger partial charge in [-0.1, -0.05) is 6.92 Å². The van der Waals surface area contributed by atoms with Crippen molar-refractivity contribution < 1.29 is 9.90 Å². The molecule has 0 aliphatic rings. The van der Waals surface area contributed by atoms with Gasteiger partial charge in [-0.25, -0.2) is 9.97 Å². The molecule has 6 heteroatoms. The first-order chi connectivity index (χ1) is 9.43. The molecule has 0 aliphatic heterocycles. The summed E-state index contributed by atoms with van der Waals surface area (Å²) in [5.74, 6) is 0.589. The zero-order valence-corrected chi connectivity index (χ0v) is 13.0. The Morgan fingerprint density at radius 2 is 2.00 bits per heavy atom. The lowest BCUT2D eigenvalue weighted by atomic mass is 10.2. The maximum atomic E-state index is 11.1. The number of carboxylic acid groups (broad SMARTS) is 1. The van der Waals surface area contributed by atoms with Crippen LogP contribution >= 0.6 is 11.3 Å². The van der Waals surface area contributed by atoms with Crippen LogP contribution in [-0.4, -0.2) is 34.1 Å².